The molecule has 29 heavy (non-hydrogen) atoms. The van der Waals surface area contributed by atoms with Crippen molar-refractivity contribution >= 4 is 17.5 Å². The summed E-state index contributed by atoms with van der Waals surface area (Å²) in [5, 5.41) is 13.5. The van der Waals surface area contributed by atoms with Gasteiger partial charge in [0, 0.05) is 62.8 Å². The quantitative estimate of drug-likeness (QED) is 0.584. The Morgan fingerprint density at radius 2 is 1.97 bits per heavy atom. The fourth-order valence-corrected chi connectivity index (χ4v) is 3.25. The molecule has 1 atom stereocenters. The number of nitro benzene ring substituents is 1. The van der Waals surface area contributed by atoms with Crippen LogP contribution in [0.15, 0.2) is 48.8 Å². The Morgan fingerprint density at radius 3 is 2.62 bits per heavy atom. The van der Waals surface area contributed by atoms with E-state index >= 15 is 0 Å². The predicted molar refractivity (Wildman–Crippen MR) is 106 cm³/mol. The SMILES string of the molecule is CC(NC(=O)c1cccc([N+](=O)[O-])c1)C(=O)N1CCN(Cc2cccnc2)CC1. The van der Waals surface area contributed by atoms with Crippen molar-refractivity contribution in [2.45, 2.75) is 19.5 Å². The number of nitrogens with one attached hydrogen (secondary N) is 1. The van der Waals surface area contributed by atoms with Crippen LogP contribution in [-0.2, 0) is 11.3 Å². The van der Waals surface area contributed by atoms with Crippen molar-refractivity contribution in [2.24, 2.45) is 0 Å². The standard InChI is InChI=1S/C20H23N5O4/c1-15(22-19(26)17-5-2-6-18(12-17)25(28)29)20(27)24-10-8-23(9-11-24)14-16-4-3-7-21-13-16/h2-7,12-13,15H,8-11,14H2,1H3,(H,22,26). The van der Waals surface area contributed by atoms with E-state index in [0.29, 0.717) is 13.1 Å². The Hall–Kier alpha value is -3.33. The molecule has 1 aromatic carbocycles. The van der Waals surface area contributed by atoms with Crippen LogP contribution in [0.4, 0.5) is 5.69 Å². The molecule has 9 nitrogen and oxygen atoms in total. The highest BCUT2D eigenvalue weighted by atomic mass is 16.6. The van der Waals surface area contributed by atoms with Crippen LogP contribution >= 0.6 is 0 Å². The molecular formula is C20H23N5O4. The number of pyridine rings is 1. The zero-order valence-electron chi connectivity index (χ0n) is 16.2. The third-order valence-corrected chi connectivity index (χ3v) is 4.85. The highest BCUT2D eigenvalue weighted by Crippen LogP contribution is 2.13. The molecule has 2 heterocycles. The van der Waals surface area contributed by atoms with Gasteiger partial charge in [-0.2, -0.15) is 0 Å². The molecule has 1 saturated heterocycles. The maximum atomic E-state index is 12.7. The highest BCUT2D eigenvalue weighted by molar-refractivity contribution is 5.97. The van der Waals surface area contributed by atoms with E-state index < -0.39 is 16.9 Å². The first-order valence-electron chi connectivity index (χ1n) is 9.39. The summed E-state index contributed by atoms with van der Waals surface area (Å²) in [7, 11) is 0. The minimum atomic E-state index is -0.716. The fourth-order valence-electron chi connectivity index (χ4n) is 3.25. The van der Waals surface area contributed by atoms with Crippen LogP contribution in [0.25, 0.3) is 0 Å². The lowest BCUT2D eigenvalue weighted by Crippen LogP contribution is -2.53. The molecule has 2 amide bonds. The van der Waals surface area contributed by atoms with E-state index in [2.05, 4.69) is 15.2 Å². The number of hydrogen-bond acceptors (Lipinski definition) is 6. The van der Waals surface area contributed by atoms with Gasteiger partial charge in [0.25, 0.3) is 11.6 Å². The summed E-state index contributed by atoms with van der Waals surface area (Å²) in [4.78, 5) is 43.4. The van der Waals surface area contributed by atoms with E-state index in [9.17, 15) is 19.7 Å². The third-order valence-electron chi connectivity index (χ3n) is 4.85. The van der Waals surface area contributed by atoms with Gasteiger partial charge in [0.15, 0.2) is 0 Å². The smallest absolute Gasteiger partial charge is 0.270 e. The van der Waals surface area contributed by atoms with E-state index in [1.54, 1.807) is 18.0 Å². The first-order valence-corrected chi connectivity index (χ1v) is 9.39. The molecule has 0 spiro atoms. The van der Waals surface area contributed by atoms with Crippen LogP contribution in [-0.4, -0.2) is 63.7 Å². The Kier molecular flexibility index (Phi) is 6.50. The van der Waals surface area contributed by atoms with Gasteiger partial charge in [-0.15, -0.1) is 0 Å². The summed E-state index contributed by atoms with van der Waals surface area (Å²) in [6, 6.07) is 8.65. The maximum Gasteiger partial charge on any atom is 0.270 e. The van der Waals surface area contributed by atoms with Gasteiger partial charge in [0.1, 0.15) is 6.04 Å². The van der Waals surface area contributed by atoms with E-state index in [0.717, 1.165) is 25.2 Å². The summed E-state index contributed by atoms with van der Waals surface area (Å²) < 4.78 is 0. The highest BCUT2D eigenvalue weighted by Gasteiger charge is 2.26. The molecule has 0 saturated carbocycles. The predicted octanol–water partition coefficient (Wildman–Crippen LogP) is 1.45. The number of non-ortho nitro benzene ring substituents is 1. The summed E-state index contributed by atoms with van der Waals surface area (Å²) in [6.45, 7) is 5.05. The topological polar surface area (TPSA) is 109 Å². The Labute approximate surface area is 168 Å². The summed E-state index contributed by atoms with van der Waals surface area (Å²) in [5.41, 5.74) is 1.12. The zero-order chi connectivity index (χ0) is 20.8. The van der Waals surface area contributed by atoms with Crippen LogP contribution in [0.2, 0.25) is 0 Å². The molecule has 1 N–H and O–H groups in total. The molecule has 152 valence electrons. The number of carbonyl (C=O) groups excluding carboxylic acids is 2. The number of rotatable bonds is 6. The number of carbonyl (C=O) groups is 2. The average molecular weight is 397 g/mol. The first kappa shape index (κ1) is 20.4. The molecule has 0 bridgehead atoms. The minimum Gasteiger partial charge on any atom is -0.341 e. The van der Waals surface area contributed by atoms with Crippen LogP contribution in [0, 0.1) is 10.1 Å². The molecule has 3 rings (SSSR count). The maximum absolute atomic E-state index is 12.7. The van der Waals surface area contributed by atoms with Crippen molar-refractivity contribution in [3.05, 3.63) is 70.0 Å². The second-order valence-corrected chi connectivity index (χ2v) is 6.97. The van der Waals surface area contributed by atoms with Gasteiger partial charge in [-0.1, -0.05) is 12.1 Å². The lowest BCUT2D eigenvalue weighted by molar-refractivity contribution is -0.384. The summed E-state index contributed by atoms with van der Waals surface area (Å²) in [6.07, 6.45) is 3.58. The van der Waals surface area contributed by atoms with E-state index in [4.69, 9.17) is 0 Å². The van der Waals surface area contributed by atoms with Crippen LogP contribution in [0.3, 0.4) is 0 Å². The molecule has 2 aromatic rings. The average Bonchev–Trinajstić information content (AvgIpc) is 2.74. The molecule has 9 heteroatoms. The molecule has 1 fully saturated rings. The fraction of sp³-hybridized carbons (Fsp3) is 0.350. The number of amides is 2. The summed E-state index contributed by atoms with van der Waals surface area (Å²) in [5.74, 6) is -0.672. The minimum absolute atomic E-state index is 0.153. The van der Waals surface area contributed by atoms with Gasteiger partial charge in [-0.3, -0.25) is 29.6 Å². The summed E-state index contributed by atoms with van der Waals surface area (Å²) >= 11 is 0. The number of nitrogens with zero attached hydrogens (tertiary/aromatic N) is 4. The van der Waals surface area contributed by atoms with Crippen molar-refractivity contribution in [1.82, 2.24) is 20.1 Å². The molecule has 0 radical (unpaired) electrons. The van der Waals surface area contributed by atoms with E-state index in [-0.39, 0.29) is 17.2 Å². The molecule has 1 aromatic heterocycles. The molecule has 1 unspecified atom stereocenters. The molecular weight excluding hydrogens is 374 g/mol. The molecule has 1 aliphatic heterocycles. The van der Waals surface area contributed by atoms with Crippen molar-refractivity contribution in [3.8, 4) is 0 Å². The van der Waals surface area contributed by atoms with Gasteiger partial charge < -0.3 is 10.2 Å². The van der Waals surface area contributed by atoms with E-state index in [1.807, 2.05) is 18.3 Å². The lowest BCUT2D eigenvalue weighted by atomic mass is 10.1. The van der Waals surface area contributed by atoms with Gasteiger partial charge >= 0.3 is 0 Å². The van der Waals surface area contributed by atoms with E-state index in [1.165, 1.54) is 24.3 Å². The Bertz CT molecular complexity index is 881. The van der Waals surface area contributed by atoms with Gasteiger partial charge in [-0.25, -0.2) is 0 Å². The van der Waals surface area contributed by atoms with Crippen molar-refractivity contribution in [3.63, 3.8) is 0 Å². The molecule has 0 aliphatic carbocycles. The third kappa shape index (κ3) is 5.35. The Morgan fingerprint density at radius 1 is 1.21 bits per heavy atom. The number of benzene rings is 1. The number of piperazine rings is 1. The zero-order valence-corrected chi connectivity index (χ0v) is 16.2. The van der Waals surface area contributed by atoms with Gasteiger partial charge in [-0.05, 0) is 24.6 Å². The lowest BCUT2D eigenvalue weighted by Gasteiger charge is -2.36. The van der Waals surface area contributed by atoms with Crippen molar-refractivity contribution in [1.29, 1.82) is 0 Å². The largest absolute Gasteiger partial charge is 0.341 e. The van der Waals surface area contributed by atoms with Crippen LogP contribution in [0.5, 0.6) is 0 Å². The Balaban J connectivity index is 1.51. The van der Waals surface area contributed by atoms with Crippen molar-refractivity contribution < 1.29 is 14.5 Å². The normalized spacial score (nSPS) is 15.6. The number of hydrogen-bond donors (Lipinski definition) is 1. The van der Waals surface area contributed by atoms with Crippen LogP contribution < -0.4 is 5.32 Å². The van der Waals surface area contributed by atoms with Gasteiger partial charge in [0.05, 0.1) is 4.92 Å². The van der Waals surface area contributed by atoms with Crippen LogP contribution in [0.1, 0.15) is 22.8 Å². The monoisotopic (exact) mass is 397 g/mol. The molecule has 1 aliphatic rings. The van der Waals surface area contributed by atoms with Crippen molar-refractivity contribution in [2.75, 3.05) is 26.2 Å². The second kappa shape index (κ2) is 9.24. The van der Waals surface area contributed by atoms with Gasteiger partial charge in [0.2, 0.25) is 5.91 Å². The number of nitro groups is 1. The second-order valence-electron chi connectivity index (χ2n) is 6.97. The number of aromatic nitrogens is 1. The first-order chi connectivity index (χ1) is 13.9.